The predicted molar refractivity (Wildman–Crippen MR) is 75.4 cm³/mol. The lowest BCUT2D eigenvalue weighted by molar-refractivity contribution is 0.289. The summed E-state index contributed by atoms with van der Waals surface area (Å²) in [7, 11) is 0. The second-order valence-corrected chi connectivity index (χ2v) is 5.22. The molecule has 0 radical (unpaired) electrons. The van der Waals surface area contributed by atoms with Crippen molar-refractivity contribution in [1.29, 1.82) is 0 Å². The monoisotopic (exact) mass is 239 g/mol. The normalized spacial score (nSPS) is 20.8. The minimum absolute atomic E-state index is 0.330. The fraction of sp³-hybridized carbons (Fsp3) is 0.929. The summed E-state index contributed by atoms with van der Waals surface area (Å²) in [4.78, 5) is 7.09. The second-order valence-electron chi connectivity index (χ2n) is 5.22. The van der Waals surface area contributed by atoms with Gasteiger partial charge in [0.05, 0.1) is 11.9 Å². The predicted octanol–water partition coefficient (Wildman–Crippen LogP) is 2.65. The van der Waals surface area contributed by atoms with Crippen LogP contribution in [0.2, 0.25) is 0 Å². The van der Waals surface area contributed by atoms with Crippen LogP contribution in [0.5, 0.6) is 0 Å². The van der Waals surface area contributed by atoms with Crippen LogP contribution in [0.1, 0.15) is 52.9 Å². The topological polar surface area (TPSA) is 41.6 Å². The van der Waals surface area contributed by atoms with Crippen molar-refractivity contribution in [2.75, 3.05) is 19.6 Å². The Morgan fingerprint density at radius 1 is 1.24 bits per heavy atom. The molecule has 0 aliphatic heterocycles. The van der Waals surface area contributed by atoms with Gasteiger partial charge in [0.2, 0.25) is 0 Å². The molecule has 1 fully saturated rings. The number of likely N-dealkylation sites (N-methyl/N-ethyl adjacent to an activating group) is 1. The lowest BCUT2D eigenvalue weighted by atomic mass is 9.88. The molecule has 0 heterocycles. The standard InChI is InChI=1S/C14H29N3/c1-4-17(5-2)11-12(3)16-14(15)13-9-7-6-8-10-13/h12-13H,4-11H2,1-3H3,(H2,15,16). The third-order valence-electron chi connectivity index (χ3n) is 3.81. The molecule has 100 valence electrons. The average Bonchev–Trinajstić information content (AvgIpc) is 2.37. The van der Waals surface area contributed by atoms with Crippen LogP contribution in [0.25, 0.3) is 0 Å². The van der Waals surface area contributed by atoms with Crippen LogP contribution in [-0.2, 0) is 0 Å². The average molecular weight is 239 g/mol. The zero-order valence-corrected chi connectivity index (χ0v) is 11.8. The maximum atomic E-state index is 6.14. The van der Waals surface area contributed by atoms with E-state index in [2.05, 4.69) is 30.7 Å². The molecular weight excluding hydrogens is 210 g/mol. The quantitative estimate of drug-likeness (QED) is 0.572. The van der Waals surface area contributed by atoms with E-state index in [1.165, 1.54) is 32.1 Å². The van der Waals surface area contributed by atoms with Crippen LogP contribution in [-0.4, -0.2) is 36.4 Å². The molecule has 0 aromatic carbocycles. The Morgan fingerprint density at radius 2 is 1.82 bits per heavy atom. The lowest BCUT2D eigenvalue weighted by Gasteiger charge is -2.24. The molecular formula is C14H29N3. The molecule has 1 aliphatic carbocycles. The molecule has 0 amide bonds. The summed E-state index contributed by atoms with van der Waals surface area (Å²) in [6.07, 6.45) is 6.51. The Hall–Kier alpha value is -0.570. The van der Waals surface area contributed by atoms with E-state index in [0.717, 1.165) is 25.5 Å². The van der Waals surface area contributed by atoms with Crippen molar-refractivity contribution in [3.8, 4) is 0 Å². The van der Waals surface area contributed by atoms with Crippen LogP contribution in [0.3, 0.4) is 0 Å². The van der Waals surface area contributed by atoms with Gasteiger partial charge < -0.3 is 10.6 Å². The van der Waals surface area contributed by atoms with Crippen molar-refractivity contribution >= 4 is 5.84 Å². The molecule has 0 bridgehead atoms. The zero-order chi connectivity index (χ0) is 12.7. The second kappa shape index (κ2) is 7.70. The first-order chi connectivity index (χ1) is 8.17. The molecule has 0 aromatic heterocycles. The van der Waals surface area contributed by atoms with E-state index in [1.807, 2.05) is 0 Å². The first-order valence-electron chi connectivity index (χ1n) is 7.22. The minimum Gasteiger partial charge on any atom is -0.387 e. The maximum absolute atomic E-state index is 6.14. The molecule has 1 rings (SSSR count). The Morgan fingerprint density at radius 3 is 2.35 bits per heavy atom. The molecule has 3 heteroatoms. The summed E-state index contributed by atoms with van der Waals surface area (Å²) >= 11 is 0. The number of nitrogens with zero attached hydrogens (tertiary/aromatic N) is 2. The van der Waals surface area contributed by atoms with Gasteiger partial charge in [0.1, 0.15) is 0 Å². The SMILES string of the molecule is CCN(CC)CC(C)N=C(N)C1CCCCC1. The van der Waals surface area contributed by atoms with E-state index in [-0.39, 0.29) is 0 Å². The van der Waals surface area contributed by atoms with Crippen molar-refractivity contribution in [2.45, 2.75) is 58.9 Å². The number of nitrogens with two attached hydrogens (primary N) is 1. The smallest absolute Gasteiger partial charge is 0.0972 e. The fourth-order valence-electron chi connectivity index (χ4n) is 2.65. The Bertz CT molecular complexity index is 228. The van der Waals surface area contributed by atoms with Gasteiger partial charge >= 0.3 is 0 Å². The molecule has 17 heavy (non-hydrogen) atoms. The summed E-state index contributed by atoms with van der Waals surface area (Å²) in [6, 6.07) is 0.330. The van der Waals surface area contributed by atoms with Gasteiger partial charge in [0.25, 0.3) is 0 Å². The van der Waals surface area contributed by atoms with Crippen LogP contribution in [0.15, 0.2) is 4.99 Å². The number of hydrogen-bond donors (Lipinski definition) is 1. The summed E-state index contributed by atoms with van der Waals surface area (Å²) in [6.45, 7) is 9.79. The molecule has 1 atom stereocenters. The molecule has 2 N–H and O–H groups in total. The van der Waals surface area contributed by atoms with Crippen molar-refractivity contribution < 1.29 is 0 Å². The Labute approximate surface area is 106 Å². The Kier molecular flexibility index (Phi) is 6.56. The molecule has 0 saturated heterocycles. The summed E-state index contributed by atoms with van der Waals surface area (Å²) in [5.41, 5.74) is 6.14. The van der Waals surface area contributed by atoms with Crippen molar-refractivity contribution in [3.63, 3.8) is 0 Å². The highest BCUT2D eigenvalue weighted by atomic mass is 15.1. The van der Waals surface area contributed by atoms with Gasteiger partial charge in [-0.2, -0.15) is 0 Å². The highest BCUT2D eigenvalue weighted by Gasteiger charge is 2.17. The summed E-state index contributed by atoms with van der Waals surface area (Å²) < 4.78 is 0. The van der Waals surface area contributed by atoms with Gasteiger partial charge in [-0.1, -0.05) is 33.1 Å². The molecule has 3 nitrogen and oxygen atoms in total. The van der Waals surface area contributed by atoms with Crippen molar-refractivity contribution in [3.05, 3.63) is 0 Å². The van der Waals surface area contributed by atoms with Gasteiger partial charge in [0.15, 0.2) is 0 Å². The maximum Gasteiger partial charge on any atom is 0.0972 e. The van der Waals surface area contributed by atoms with Gasteiger partial charge in [0, 0.05) is 12.5 Å². The summed E-state index contributed by atoms with van der Waals surface area (Å²) in [5.74, 6) is 1.47. The highest BCUT2D eigenvalue weighted by molar-refractivity contribution is 5.83. The summed E-state index contributed by atoms with van der Waals surface area (Å²) in [5, 5.41) is 0. The van der Waals surface area contributed by atoms with Crippen LogP contribution < -0.4 is 5.73 Å². The van der Waals surface area contributed by atoms with E-state index in [4.69, 9.17) is 5.73 Å². The Balaban J connectivity index is 2.42. The van der Waals surface area contributed by atoms with Gasteiger partial charge in [-0.3, -0.25) is 4.99 Å². The first kappa shape index (κ1) is 14.5. The number of amidine groups is 1. The van der Waals surface area contributed by atoms with Crippen LogP contribution in [0, 0.1) is 5.92 Å². The van der Waals surface area contributed by atoms with E-state index in [0.29, 0.717) is 12.0 Å². The van der Waals surface area contributed by atoms with Gasteiger partial charge in [-0.05, 0) is 32.9 Å². The van der Waals surface area contributed by atoms with E-state index in [1.54, 1.807) is 0 Å². The number of rotatable bonds is 6. The molecule has 0 aromatic rings. The number of aliphatic imine (C=N–C) groups is 1. The lowest BCUT2D eigenvalue weighted by Crippen LogP contribution is -2.33. The van der Waals surface area contributed by atoms with Crippen LogP contribution >= 0.6 is 0 Å². The van der Waals surface area contributed by atoms with E-state index < -0.39 is 0 Å². The zero-order valence-electron chi connectivity index (χ0n) is 11.8. The molecule has 1 aliphatic rings. The fourth-order valence-corrected chi connectivity index (χ4v) is 2.65. The van der Waals surface area contributed by atoms with Gasteiger partial charge in [-0.25, -0.2) is 0 Å². The first-order valence-corrected chi connectivity index (χ1v) is 7.22. The third-order valence-corrected chi connectivity index (χ3v) is 3.81. The van der Waals surface area contributed by atoms with Crippen molar-refractivity contribution in [1.82, 2.24) is 4.90 Å². The highest BCUT2D eigenvalue weighted by Crippen LogP contribution is 2.23. The van der Waals surface area contributed by atoms with E-state index in [9.17, 15) is 0 Å². The number of hydrogen-bond acceptors (Lipinski definition) is 2. The van der Waals surface area contributed by atoms with E-state index >= 15 is 0 Å². The molecule has 0 spiro atoms. The minimum atomic E-state index is 0.330. The van der Waals surface area contributed by atoms with Crippen LogP contribution in [0.4, 0.5) is 0 Å². The largest absolute Gasteiger partial charge is 0.387 e. The van der Waals surface area contributed by atoms with Crippen molar-refractivity contribution in [2.24, 2.45) is 16.6 Å². The molecule has 1 saturated carbocycles. The third kappa shape index (κ3) is 5.07. The molecule has 1 unspecified atom stereocenters. The van der Waals surface area contributed by atoms with Gasteiger partial charge in [-0.15, -0.1) is 0 Å².